The second-order valence-electron chi connectivity index (χ2n) is 3.97. The Morgan fingerprint density at radius 1 is 1.25 bits per heavy atom. The van der Waals surface area contributed by atoms with Crippen molar-refractivity contribution in [2.45, 2.75) is 13.0 Å². The number of carboxylic acid groups (broad SMARTS) is 1. The van der Waals surface area contributed by atoms with Crippen molar-refractivity contribution in [1.29, 1.82) is 0 Å². The maximum absolute atomic E-state index is 10.7. The van der Waals surface area contributed by atoms with E-state index in [-0.39, 0.29) is 21.6 Å². The standard InChI is InChI=1S/C13H9Cl3O4/c1-6(10-2-3-11(20-10)13(17)18)19-12-8(15)4-7(14)5-9(12)16/h2-6H,1H3,(H,17,18). The summed E-state index contributed by atoms with van der Waals surface area (Å²) in [5.41, 5.74) is 0. The Morgan fingerprint density at radius 2 is 1.85 bits per heavy atom. The van der Waals surface area contributed by atoms with Crippen molar-refractivity contribution in [3.8, 4) is 5.75 Å². The van der Waals surface area contributed by atoms with E-state index in [4.69, 9.17) is 49.1 Å². The monoisotopic (exact) mass is 334 g/mol. The molecule has 1 N–H and O–H groups in total. The van der Waals surface area contributed by atoms with E-state index < -0.39 is 12.1 Å². The summed E-state index contributed by atoms with van der Waals surface area (Å²) in [4.78, 5) is 10.7. The first kappa shape index (κ1) is 15.0. The molecular weight excluding hydrogens is 326 g/mol. The highest BCUT2D eigenvalue weighted by molar-refractivity contribution is 6.40. The van der Waals surface area contributed by atoms with E-state index >= 15 is 0 Å². The van der Waals surface area contributed by atoms with Gasteiger partial charge in [-0.1, -0.05) is 34.8 Å². The molecule has 1 aromatic heterocycles. The maximum atomic E-state index is 10.7. The summed E-state index contributed by atoms with van der Waals surface area (Å²) in [5.74, 6) is -0.697. The maximum Gasteiger partial charge on any atom is 0.371 e. The molecule has 0 saturated carbocycles. The lowest BCUT2D eigenvalue weighted by Crippen LogP contribution is -2.03. The summed E-state index contributed by atoms with van der Waals surface area (Å²) in [7, 11) is 0. The summed E-state index contributed by atoms with van der Waals surface area (Å²) < 4.78 is 10.7. The van der Waals surface area contributed by atoms with Gasteiger partial charge in [-0.25, -0.2) is 4.79 Å². The van der Waals surface area contributed by atoms with Crippen LogP contribution < -0.4 is 4.74 Å². The molecule has 20 heavy (non-hydrogen) atoms. The fourth-order valence-electron chi connectivity index (χ4n) is 1.56. The number of rotatable bonds is 4. The Bertz CT molecular complexity index is 628. The molecule has 0 aliphatic rings. The number of carbonyl (C=O) groups is 1. The first-order valence-electron chi connectivity index (χ1n) is 5.52. The van der Waals surface area contributed by atoms with E-state index in [1.54, 1.807) is 6.92 Å². The van der Waals surface area contributed by atoms with Gasteiger partial charge in [-0.2, -0.15) is 0 Å². The number of carboxylic acids is 1. The third-order valence-corrected chi connectivity index (χ3v) is 3.28. The Balaban J connectivity index is 2.23. The summed E-state index contributed by atoms with van der Waals surface area (Å²) in [5, 5.41) is 9.72. The normalized spacial score (nSPS) is 12.2. The minimum absolute atomic E-state index is 0.163. The van der Waals surface area contributed by atoms with Crippen LogP contribution in [-0.2, 0) is 0 Å². The van der Waals surface area contributed by atoms with Crippen molar-refractivity contribution in [2.24, 2.45) is 0 Å². The fourth-order valence-corrected chi connectivity index (χ4v) is 2.47. The van der Waals surface area contributed by atoms with Gasteiger partial charge in [0, 0.05) is 5.02 Å². The summed E-state index contributed by atoms with van der Waals surface area (Å²) in [6.07, 6.45) is -0.556. The van der Waals surface area contributed by atoms with Crippen molar-refractivity contribution < 1.29 is 19.1 Å². The van der Waals surface area contributed by atoms with Gasteiger partial charge < -0.3 is 14.3 Å². The third kappa shape index (κ3) is 3.20. The average Bonchev–Trinajstić information content (AvgIpc) is 2.83. The molecule has 2 aromatic rings. The minimum atomic E-state index is -1.15. The topological polar surface area (TPSA) is 59.7 Å². The van der Waals surface area contributed by atoms with Crippen LogP contribution in [0.3, 0.4) is 0 Å². The lowest BCUT2D eigenvalue weighted by Gasteiger charge is -2.15. The molecule has 1 atom stereocenters. The highest BCUT2D eigenvalue weighted by atomic mass is 35.5. The molecule has 0 aliphatic heterocycles. The quantitative estimate of drug-likeness (QED) is 0.846. The van der Waals surface area contributed by atoms with Gasteiger partial charge in [0.1, 0.15) is 5.76 Å². The molecule has 0 fully saturated rings. The number of ether oxygens (including phenoxy) is 1. The summed E-state index contributed by atoms with van der Waals surface area (Å²) >= 11 is 17.8. The second kappa shape index (κ2) is 5.95. The number of hydrogen-bond acceptors (Lipinski definition) is 3. The van der Waals surface area contributed by atoms with Crippen molar-refractivity contribution in [3.63, 3.8) is 0 Å². The SMILES string of the molecule is CC(Oc1c(Cl)cc(Cl)cc1Cl)c1ccc(C(=O)O)o1. The highest BCUT2D eigenvalue weighted by Crippen LogP contribution is 2.38. The first-order valence-corrected chi connectivity index (χ1v) is 6.66. The number of furan rings is 1. The lowest BCUT2D eigenvalue weighted by atomic mass is 10.3. The molecule has 0 bridgehead atoms. The van der Waals surface area contributed by atoms with Crippen molar-refractivity contribution in [3.05, 3.63) is 50.9 Å². The van der Waals surface area contributed by atoms with Gasteiger partial charge in [-0.3, -0.25) is 0 Å². The second-order valence-corrected chi connectivity index (χ2v) is 5.22. The first-order chi connectivity index (χ1) is 9.38. The van der Waals surface area contributed by atoms with Gasteiger partial charge in [-0.05, 0) is 31.2 Å². The van der Waals surface area contributed by atoms with Gasteiger partial charge in [0.2, 0.25) is 5.76 Å². The number of halogens is 3. The van der Waals surface area contributed by atoms with Gasteiger partial charge in [-0.15, -0.1) is 0 Å². The van der Waals surface area contributed by atoms with Crippen LogP contribution in [0.25, 0.3) is 0 Å². The third-order valence-electron chi connectivity index (χ3n) is 2.50. The Hall–Kier alpha value is -1.36. The highest BCUT2D eigenvalue weighted by Gasteiger charge is 2.18. The lowest BCUT2D eigenvalue weighted by molar-refractivity contribution is 0.0655. The van der Waals surface area contributed by atoms with E-state index in [9.17, 15) is 4.79 Å². The molecule has 0 saturated heterocycles. The van der Waals surface area contributed by atoms with Crippen LogP contribution in [0.2, 0.25) is 15.1 Å². The molecule has 7 heteroatoms. The van der Waals surface area contributed by atoms with Crippen molar-refractivity contribution >= 4 is 40.8 Å². The number of hydrogen-bond donors (Lipinski definition) is 1. The van der Waals surface area contributed by atoms with Gasteiger partial charge in [0.15, 0.2) is 11.9 Å². The van der Waals surface area contributed by atoms with Crippen LogP contribution in [-0.4, -0.2) is 11.1 Å². The predicted octanol–water partition coefficient (Wildman–Crippen LogP) is 5.08. The zero-order valence-corrected chi connectivity index (χ0v) is 12.5. The van der Waals surface area contributed by atoms with Crippen LogP contribution in [0.4, 0.5) is 0 Å². The molecule has 106 valence electrons. The zero-order valence-electron chi connectivity index (χ0n) is 10.2. The molecule has 4 nitrogen and oxygen atoms in total. The van der Waals surface area contributed by atoms with Crippen LogP contribution in [0.1, 0.15) is 29.3 Å². The summed E-state index contributed by atoms with van der Waals surface area (Å²) in [6, 6.07) is 5.87. The van der Waals surface area contributed by atoms with Gasteiger partial charge in [0.25, 0.3) is 0 Å². The van der Waals surface area contributed by atoms with Crippen LogP contribution in [0, 0.1) is 0 Å². The zero-order chi connectivity index (χ0) is 14.9. The predicted molar refractivity (Wildman–Crippen MR) is 76.2 cm³/mol. The van der Waals surface area contributed by atoms with Crippen molar-refractivity contribution in [2.75, 3.05) is 0 Å². The van der Waals surface area contributed by atoms with E-state index in [1.165, 1.54) is 24.3 Å². The largest absolute Gasteiger partial charge is 0.480 e. The van der Waals surface area contributed by atoms with Gasteiger partial charge >= 0.3 is 5.97 Å². The van der Waals surface area contributed by atoms with Crippen LogP contribution in [0.5, 0.6) is 5.75 Å². The molecule has 2 rings (SSSR count). The van der Waals surface area contributed by atoms with Crippen molar-refractivity contribution in [1.82, 2.24) is 0 Å². The number of aromatic carboxylic acids is 1. The molecular formula is C13H9Cl3O4. The van der Waals surface area contributed by atoms with E-state index in [2.05, 4.69) is 0 Å². The van der Waals surface area contributed by atoms with E-state index in [0.717, 1.165) is 0 Å². The fraction of sp³-hybridized carbons (Fsp3) is 0.154. The Kier molecular flexibility index (Phi) is 4.48. The van der Waals surface area contributed by atoms with Gasteiger partial charge in [0.05, 0.1) is 10.0 Å². The van der Waals surface area contributed by atoms with Crippen LogP contribution >= 0.6 is 34.8 Å². The Morgan fingerprint density at radius 3 is 2.35 bits per heavy atom. The molecule has 0 aliphatic carbocycles. The molecule has 1 heterocycles. The van der Waals surface area contributed by atoms with Crippen LogP contribution in [0.15, 0.2) is 28.7 Å². The van der Waals surface area contributed by atoms with E-state index in [1.807, 2.05) is 0 Å². The summed E-state index contributed by atoms with van der Waals surface area (Å²) in [6.45, 7) is 1.69. The number of benzene rings is 1. The van der Waals surface area contributed by atoms with E-state index in [0.29, 0.717) is 10.8 Å². The average molecular weight is 336 g/mol. The molecule has 1 aromatic carbocycles. The smallest absolute Gasteiger partial charge is 0.371 e. The molecule has 1 unspecified atom stereocenters. The molecule has 0 spiro atoms. The molecule has 0 radical (unpaired) electrons. The Labute approximate surface area is 129 Å². The molecule has 0 amide bonds. The minimum Gasteiger partial charge on any atom is -0.480 e.